The maximum absolute atomic E-state index is 10.7. The number of fused-ring (bicyclic) bond motifs is 1. The van der Waals surface area contributed by atoms with E-state index >= 15 is 0 Å². The largest absolute Gasteiger partial charge is 0.507 e. The van der Waals surface area contributed by atoms with Crippen molar-refractivity contribution in [1.29, 1.82) is 0 Å². The minimum absolute atomic E-state index is 0.217. The van der Waals surface area contributed by atoms with Crippen molar-refractivity contribution in [1.82, 2.24) is 0 Å². The minimum Gasteiger partial charge on any atom is -0.507 e. The number of rotatable bonds is 1. The third-order valence-corrected chi connectivity index (χ3v) is 2.31. The maximum atomic E-state index is 10.7. The van der Waals surface area contributed by atoms with Gasteiger partial charge in [0.05, 0.1) is 0 Å². The number of benzene rings is 2. The van der Waals surface area contributed by atoms with Crippen LogP contribution in [0.2, 0.25) is 0 Å². The summed E-state index contributed by atoms with van der Waals surface area (Å²) in [5.74, 6) is 0.217. The molecule has 0 aliphatic rings. The Kier molecular flexibility index (Phi) is 1.97. The zero-order chi connectivity index (χ0) is 10.1. The molecule has 2 rings (SSSR count). The average Bonchev–Trinajstić information content (AvgIpc) is 2.19. The molecule has 0 heterocycles. The van der Waals surface area contributed by atoms with Gasteiger partial charge in [-0.1, -0.05) is 17.7 Å². The zero-order valence-corrected chi connectivity index (χ0v) is 7.82. The van der Waals surface area contributed by atoms with E-state index in [1.165, 1.54) is 0 Å². The van der Waals surface area contributed by atoms with Gasteiger partial charge in [-0.25, -0.2) is 0 Å². The fourth-order valence-corrected chi connectivity index (χ4v) is 1.57. The predicted octanol–water partition coefficient (Wildman–Crippen LogP) is 2.67. The zero-order valence-electron chi connectivity index (χ0n) is 7.82. The second-order valence-electron chi connectivity index (χ2n) is 3.34. The molecule has 2 aromatic rings. The van der Waals surface area contributed by atoms with Gasteiger partial charge in [0.1, 0.15) is 5.75 Å². The van der Waals surface area contributed by atoms with E-state index in [1.54, 1.807) is 12.1 Å². The lowest BCUT2D eigenvalue weighted by Crippen LogP contribution is -1.84. The van der Waals surface area contributed by atoms with Crippen LogP contribution < -0.4 is 0 Å². The van der Waals surface area contributed by atoms with E-state index in [0.29, 0.717) is 5.56 Å². The number of aromatic hydroxyl groups is 1. The van der Waals surface area contributed by atoms with Crippen LogP contribution in [0.4, 0.5) is 0 Å². The molecule has 0 bridgehead atoms. The molecule has 0 atom stereocenters. The standard InChI is InChI=1S/C12H10O2/c1-8-2-4-10-9(7-13)3-5-12(14)11(10)6-8/h2-7,14H,1H3. The molecule has 0 fully saturated rings. The summed E-state index contributed by atoms with van der Waals surface area (Å²) in [4.78, 5) is 10.7. The smallest absolute Gasteiger partial charge is 0.150 e. The van der Waals surface area contributed by atoms with E-state index < -0.39 is 0 Å². The van der Waals surface area contributed by atoms with Crippen LogP contribution in [0.5, 0.6) is 5.75 Å². The summed E-state index contributed by atoms with van der Waals surface area (Å²) in [6.45, 7) is 1.95. The topological polar surface area (TPSA) is 37.3 Å². The normalized spacial score (nSPS) is 10.4. The molecule has 0 amide bonds. The monoisotopic (exact) mass is 186 g/mol. The number of aryl methyl sites for hydroxylation is 1. The van der Waals surface area contributed by atoms with Crippen molar-refractivity contribution in [2.75, 3.05) is 0 Å². The van der Waals surface area contributed by atoms with E-state index in [4.69, 9.17) is 0 Å². The molecule has 0 spiro atoms. The van der Waals surface area contributed by atoms with Crippen molar-refractivity contribution >= 4 is 17.1 Å². The summed E-state index contributed by atoms with van der Waals surface area (Å²) < 4.78 is 0. The molecule has 0 unspecified atom stereocenters. The first-order chi connectivity index (χ1) is 6.72. The number of carbonyl (C=O) groups is 1. The summed E-state index contributed by atoms with van der Waals surface area (Å²) in [5.41, 5.74) is 1.67. The Morgan fingerprint density at radius 3 is 2.64 bits per heavy atom. The van der Waals surface area contributed by atoms with Gasteiger partial charge in [0.2, 0.25) is 0 Å². The number of hydrogen-bond donors (Lipinski definition) is 1. The molecular formula is C12H10O2. The van der Waals surface area contributed by atoms with E-state index in [0.717, 1.165) is 22.6 Å². The van der Waals surface area contributed by atoms with Crippen LogP contribution in [0.25, 0.3) is 10.8 Å². The minimum atomic E-state index is 0.217. The molecule has 0 saturated carbocycles. The van der Waals surface area contributed by atoms with Crippen molar-refractivity contribution in [3.8, 4) is 5.75 Å². The Bertz CT molecular complexity index is 501. The quantitative estimate of drug-likeness (QED) is 0.695. The highest BCUT2D eigenvalue weighted by atomic mass is 16.3. The van der Waals surface area contributed by atoms with Gasteiger partial charge in [-0.05, 0) is 30.5 Å². The number of phenols is 1. The summed E-state index contributed by atoms with van der Waals surface area (Å²) in [6, 6.07) is 8.83. The molecule has 0 radical (unpaired) electrons. The summed E-state index contributed by atoms with van der Waals surface area (Å²) in [6.07, 6.45) is 0.803. The maximum Gasteiger partial charge on any atom is 0.150 e. The lowest BCUT2D eigenvalue weighted by molar-refractivity contribution is 0.112. The van der Waals surface area contributed by atoms with Crippen molar-refractivity contribution in [2.45, 2.75) is 6.92 Å². The van der Waals surface area contributed by atoms with Crippen LogP contribution >= 0.6 is 0 Å². The van der Waals surface area contributed by atoms with E-state index in [1.807, 2.05) is 25.1 Å². The first-order valence-electron chi connectivity index (χ1n) is 4.40. The van der Waals surface area contributed by atoms with Gasteiger partial charge in [0.15, 0.2) is 6.29 Å². The van der Waals surface area contributed by atoms with Gasteiger partial charge >= 0.3 is 0 Å². The van der Waals surface area contributed by atoms with E-state index in [9.17, 15) is 9.90 Å². The summed E-state index contributed by atoms with van der Waals surface area (Å²) in [7, 11) is 0. The van der Waals surface area contributed by atoms with Gasteiger partial charge in [-0.3, -0.25) is 4.79 Å². The molecule has 2 heteroatoms. The predicted molar refractivity (Wildman–Crippen MR) is 55.7 cm³/mol. The van der Waals surface area contributed by atoms with E-state index in [2.05, 4.69) is 0 Å². The lowest BCUT2D eigenvalue weighted by atomic mass is 10.0. The molecule has 1 N–H and O–H groups in total. The molecule has 14 heavy (non-hydrogen) atoms. The Labute approximate surface area is 81.8 Å². The molecule has 0 aromatic heterocycles. The first kappa shape index (κ1) is 8.75. The average molecular weight is 186 g/mol. The van der Waals surface area contributed by atoms with Crippen molar-refractivity contribution < 1.29 is 9.90 Å². The van der Waals surface area contributed by atoms with Gasteiger partial charge in [0, 0.05) is 10.9 Å². The third-order valence-electron chi connectivity index (χ3n) is 2.31. The van der Waals surface area contributed by atoms with Crippen LogP contribution in [0.15, 0.2) is 30.3 Å². The Morgan fingerprint density at radius 2 is 1.93 bits per heavy atom. The Morgan fingerprint density at radius 1 is 1.14 bits per heavy atom. The fraction of sp³-hybridized carbons (Fsp3) is 0.0833. The Hall–Kier alpha value is -1.83. The van der Waals surface area contributed by atoms with E-state index in [-0.39, 0.29) is 5.75 Å². The highest BCUT2D eigenvalue weighted by Crippen LogP contribution is 2.27. The van der Waals surface area contributed by atoms with Crippen LogP contribution in [-0.2, 0) is 0 Å². The third kappa shape index (κ3) is 1.25. The molecule has 0 aliphatic carbocycles. The van der Waals surface area contributed by atoms with Crippen LogP contribution in [0.1, 0.15) is 15.9 Å². The number of aldehydes is 1. The summed E-state index contributed by atoms with van der Waals surface area (Å²) in [5, 5.41) is 11.1. The van der Waals surface area contributed by atoms with Crippen LogP contribution in [0.3, 0.4) is 0 Å². The molecule has 0 aliphatic heterocycles. The Balaban J connectivity index is 2.91. The highest BCUT2D eigenvalue weighted by molar-refractivity contribution is 6.01. The van der Waals surface area contributed by atoms with Gasteiger partial charge in [-0.15, -0.1) is 0 Å². The van der Waals surface area contributed by atoms with Crippen molar-refractivity contribution in [3.05, 3.63) is 41.5 Å². The first-order valence-corrected chi connectivity index (χ1v) is 4.40. The second kappa shape index (κ2) is 3.14. The molecule has 0 saturated heterocycles. The van der Waals surface area contributed by atoms with Crippen LogP contribution in [0, 0.1) is 6.92 Å². The van der Waals surface area contributed by atoms with Gasteiger partial charge < -0.3 is 5.11 Å². The fourth-order valence-electron chi connectivity index (χ4n) is 1.57. The van der Waals surface area contributed by atoms with Gasteiger partial charge in [0.25, 0.3) is 0 Å². The van der Waals surface area contributed by atoms with Gasteiger partial charge in [-0.2, -0.15) is 0 Å². The molecular weight excluding hydrogens is 176 g/mol. The second-order valence-corrected chi connectivity index (χ2v) is 3.34. The number of hydrogen-bond acceptors (Lipinski definition) is 2. The highest BCUT2D eigenvalue weighted by Gasteiger charge is 2.04. The van der Waals surface area contributed by atoms with Crippen molar-refractivity contribution in [3.63, 3.8) is 0 Å². The number of phenolic OH excluding ortho intramolecular Hbond substituents is 1. The lowest BCUT2D eigenvalue weighted by Gasteiger charge is -2.04. The van der Waals surface area contributed by atoms with Crippen molar-refractivity contribution in [2.24, 2.45) is 0 Å². The molecule has 2 nitrogen and oxygen atoms in total. The summed E-state index contributed by atoms with van der Waals surface area (Å²) >= 11 is 0. The molecule has 2 aromatic carbocycles. The molecule has 70 valence electrons. The number of carbonyl (C=O) groups excluding carboxylic acids is 1. The van der Waals surface area contributed by atoms with Crippen LogP contribution in [-0.4, -0.2) is 11.4 Å². The SMILES string of the molecule is Cc1ccc2c(C=O)ccc(O)c2c1.